The SMILES string of the molecule is C=CC(=O)N(CC(=O)CNC(=O)c1cc2c(OC)cccc2[nH]1)CC1CCNC1=O.CC(C)C. The van der Waals surface area contributed by atoms with Gasteiger partial charge in [-0.2, -0.15) is 0 Å². The fraction of sp³-hybridized carbons (Fsp3) is 0.440. The first-order valence-corrected chi connectivity index (χ1v) is 11.3. The molecule has 1 atom stereocenters. The van der Waals surface area contributed by atoms with E-state index < -0.39 is 11.8 Å². The van der Waals surface area contributed by atoms with Crippen molar-refractivity contribution in [2.75, 3.05) is 33.3 Å². The number of nitrogens with zero attached hydrogens (tertiary/aromatic N) is 1. The van der Waals surface area contributed by atoms with Crippen LogP contribution in [-0.4, -0.2) is 66.7 Å². The molecule has 1 aromatic carbocycles. The molecular formula is C25H34N4O5. The number of aromatic nitrogens is 1. The minimum absolute atomic E-state index is 0.133. The summed E-state index contributed by atoms with van der Waals surface area (Å²) in [5, 5.41) is 6.02. The molecule has 0 aliphatic carbocycles. The third-order valence-corrected chi connectivity index (χ3v) is 4.99. The highest BCUT2D eigenvalue weighted by atomic mass is 16.5. The van der Waals surface area contributed by atoms with Gasteiger partial charge in [0.1, 0.15) is 11.4 Å². The van der Waals surface area contributed by atoms with Crippen molar-refractivity contribution in [3.63, 3.8) is 0 Å². The predicted molar refractivity (Wildman–Crippen MR) is 131 cm³/mol. The van der Waals surface area contributed by atoms with Crippen LogP contribution in [0.5, 0.6) is 5.75 Å². The molecule has 1 unspecified atom stereocenters. The number of carbonyl (C=O) groups excluding carboxylic acids is 4. The molecule has 0 radical (unpaired) electrons. The molecule has 9 heteroatoms. The highest BCUT2D eigenvalue weighted by Crippen LogP contribution is 2.25. The Kier molecular flexibility index (Phi) is 9.85. The summed E-state index contributed by atoms with van der Waals surface area (Å²) in [6.07, 6.45) is 1.71. The molecular weight excluding hydrogens is 436 g/mol. The number of amides is 3. The number of methoxy groups -OCH3 is 1. The minimum Gasteiger partial charge on any atom is -0.496 e. The summed E-state index contributed by atoms with van der Waals surface area (Å²) in [4.78, 5) is 52.9. The van der Waals surface area contributed by atoms with Crippen LogP contribution in [0.25, 0.3) is 10.9 Å². The molecule has 0 spiro atoms. The maximum atomic E-state index is 12.4. The Hall–Kier alpha value is -3.62. The fourth-order valence-electron chi connectivity index (χ4n) is 3.42. The number of H-pyrrole nitrogens is 1. The second-order valence-corrected chi connectivity index (χ2v) is 8.76. The molecule has 1 fully saturated rings. The number of ketones is 1. The van der Waals surface area contributed by atoms with Gasteiger partial charge in [-0.1, -0.05) is 33.4 Å². The van der Waals surface area contributed by atoms with Gasteiger partial charge >= 0.3 is 0 Å². The van der Waals surface area contributed by atoms with E-state index in [0.717, 1.165) is 22.9 Å². The van der Waals surface area contributed by atoms with Gasteiger partial charge in [-0.25, -0.2) is 0 Å². The van der Waals surface area contributed by atoms with Gasteiger partial charge in [0, 0.05) is 24.0 Å². The first-order valence-electron chi connectivity index (χ1n) is 11.3. The predicted octanol–water partition coefficient (Wildman–Crippen LogP) is 2.29. The summed E-state index contributed by atoms with van der Waals surface area (Å²) in [5.41, 5.74) is 1.03. The van der Waals surface area contributed by atoms with E-state index in [0.29, 0.717) is 24.4 Å². The van der Waals surface area contributed by atoms with Crippen LogP contribution in [-0.2, 0) is 14.4 Å². The molecule has 0 saturated carbocycles. The summed E-state index contributed by atoms with van der Waals surface area (Å²) in [5.74, 6) is -0.251. The van der Waals surface area contributed by atoms with Crippen molar-refractivity contribution in [1.82, 2.24) is 20.5 Å². The summed E-state index contributed by atoms with van der Waals surface area (Å²) in [7, 11) is 1.55. The standard InChI is InChI=1S/C21H24N4O5.C4H10/c1-3-19(27)25(11-13-7-8-22-20(13)28)12-14(26)10-23-21(29)17-9-15-16(24-17)5-4-6-18(15)30-2;1-4(2)3/h3-6,9,13,24H,1,7-8,10-12H2,2H3,(H,22,28)(H,23,29);4H,1-3H3. The van der Waals surface area contributed by atoms with Crippen molar-refractivity contribution in [3.05, 3.63) is 42.6 Å². The van der Waals surface area contributed by atoms with E-state index in [1.807, 2.05) is 6.07 Å². The van der Waals surface area contributed by atoms with Crippen LogP contribution in [0.4, 0.5) is 0 Å². The maximum absolute atomic E-state index is 12.4. The number of Topliss-reactive ketones (excluding diaryl/α,β-unsaturated/α-hetero) is 1. The average molecular weight is 471 g/mol. The van der Waals surface area contributed by atoms with Gasteiger partial charge in [0.2, 0.25) is 11.8 Å². The van der Waals surface area contributed by atoms with Crippen LogP contribution >= 0.6 is 0 Å². The monoisotopic (exact) mass is 470 g/mol. The molecule has 1 aliphatic rings. The van der Waals surface area contributed by atoms with E-state index in [9.17, 15) is 19.2 Å². The average Bonchev–Trinajstić information content (AvgIpc) is 3.42. The normalized spacial score (nSPS) is 14.7. The van der Waals surface area contributed by atoms with E-state index in [1.165, 1.54) is 4.90 Å². The highest BCUT2D eigenvalue weighted by molar-refractivity contribution is 6.01. The van der Waals surface area contributed by atoms with E-state index in [4.69, 9.17) is 4.74 Å². The van der Waals surface area contributed by atoms with Crippen LogP contribution in [0.15, 0.2) is 36.9 Å². The number of hydrogen-bond acceptors (Lipinski definition) is 5. The lowest BCUT2D eigenvalue weighted by atomic mass is 10.1. The Labute approximate surface area is 199 Å². The highest BCUT2D eigenvalue weighted by Gasteiger charge is 2.28. The lowest BCUT2D eigenvalue weighted by Gasteiger charge is -2.22. The number of ether oxygens (including phenoxy) is 1. The smallest absolute Gasteiger partial charge is 0.268 e. The molecule has 1 aliphatic heterocycles. The zero-order chi connectivity index (χ0) is 25.3. The van der Waals surface area contributed by atoms with Gasteiger partial charge in [-0.3, -0.25) is 19.2 Å². The first kappa shape index (κ1) is 26.6. The van der Waals surface area contributed by atoms with Crippen molar-refractivity contribution in [1.29, 1.82) is 0 Å². The van der Waals surface area contributed by atoms with E-state index in [1.54, 1.807) is 25.3 Å². The Morgan fingerprint density at radius 3 is 2.59 bits per heavy atom. The molecule has 9 nitrogen and oxygen atoms in total. The zero-order valence-electron chi connectivity index (χ0n) is 20.3. The minimum atomic E-state index is -0.446. The Morgan fingerprint density at radius 2 is 2.00 bits per heavy atom. The van der Waals surface area contributed by atoms with E-state index in [2.05, 4.69) is 43.0 Å². The van der Waals surface area contributed by atoms with Crippen molar-refractivity contribution >= 4 is 34.4 Å². The Morgan fingerprint density at radius 1 is 1.29 bits per heavy atom. The topological polar surface area (TPSA) is 121 Å². The molecule has 1 aromatic heterocycles. The number of aromatic amines is 1. The second-order valence-electron chi connectivity index (χ2n) is 8.76. The Bertz CT molecular complexity index is 1040. The van der Waals surface area contributed by atoms with Gasteiger partial charge in [0.25, 0.3) is 5.91 Å². The van der Waals surface area contributed by atoms with Crippen molar-refractivity contribution in [2.45, 2.75) is 27.2 Å². The van der Waals surface area contributed by atoms with Gasteiger partial charge in [-0.05, 0) is 36.6 Å². The quantitative estimate of drug-likeness (QED) is 0.486. The lowest BCUT2D eigenvalue weighted by molar-refractivity contribution is -0.133. The fourth-order valence-corrected chi connectivity index (χ4v) is 3.42. The first-order chi connectivity index (χ1) is 16.2. The maximum Gasteiger partial charge on any atom is 0.268 e. The number of fused-ring (bicyclic) bond motifs is 1. The number of benzene rings is 1. The number of hydrogen-bond donors (Lipinski definition) is 3. The molecule has 184 valence electrons. The van der Waals surface area contributed by atoms with Crippen LogP contribution in [0, 0.1) is 11.8 Å². The molecule has 3 amide bonds. The largest absolute Gasteiger partial charge is 0.496 e. The van der Waals surface area contributed by atoms with Gasteiger partial charge in [0.15, 0.2) is 5.78 Å². The van der Waals surface area contributed by atoms with Crippen molar-refractivity contribution in [2.24, 2.45) is 11.8 Å². The third kappa shape index (κ3) is 7.47. The summed E-state index contributed by atoms with van der Waals surface area (Å²) in [6, 6.07) is 7.06. The van der Waals surface area contributed by atoms with E-state index in [-0.39, 0.29) is 37.2 Å². The van der Waals surface area contributed by atoms with E-state index >= 15 is 0 Å². The van der Waals surface area contributed by atoms with Gasteiger partial charge in [-0.15, -0.1) is 0 Å². The van der Waals surface area contributed by atoms with Crippen molar-refractivity contribution in [3.8, 4) is 5.75 Å². The van der Waals surface area contributed by atoms with Crippen LogP contribution in [0.1, 0.15) is 37.7 Å². The third-order valence-electron chi connectivity index (χ3n) is 4.99. The van der Waals surface area contributed by atoms with Crippen LogP contribution in [0.2, 0.25) is 0 Å². The number of rotatable bonds is 9. The van der Waals surface area contributed by atoms with Gasteiger partial charge in [0.05, 0.1) is 26.1 Å². The zero-order valence-corrected chi connectivity index (χ0v) is 20.3. The molecule has 34 heavy (non-hydrogen) atoms. The molecule has 2 heterocycles. The lowest BCUT2D eigenvalue weighted by Crippen LogP contribution is -2.42. The van der Waals surface area contributed by atoms with Crippen LogP contribution < -0.4 is 15.4 Å². The summed E-state index contributed by atoms with van der Waals surface area (Å²) >= 11 is 0. The number of nitrogens with one attached hydrogen (secondary N) is 3. The second kappa shape index (κ2) is 12.6. The van der Waals surface area contributed by atoms with Gasteiger partial charge < -0.3 is 25.3 Å². The Balaban J connectivity index is 0.000000945. The summed E-state index contributed by atoms with van der Waals surface area (Å²) in [6.45, 7) is 10.2. The van der Waals surface area contributed by atoms with Crippen molar-refractivity contribution < 1.29 is 23.9 Å². The van der Waals surface area contributed by atoms with Crippen LogP contribution in [0.3, 0.4) is 0 Å². The summed E-state index contributed by atoms with van der Waals surface area (Å²) < 4.78 is 5.28. The number of carbonyl (C=O) groups is 4. The molecule has 0 bridgehead atoms. The molecule has 2 aromatic rings. The molecule has 3 N–H and O–H groups in total. The molecule has 3 rings (SSSR count). The molecule has 1 saturated heterocycles.